The maximum atomic E-state index is 13.0. The van der Waals surface area contributed by atoms with Gasteiger partial charge in [-0.1, -0.05) is 32.0 Å². The fourth-order valence-corrected chi connectivity index (χ4v) is 7.70. The lowest BCUT2D eigenvalue weighted by atomic mass is 10.0. The number of nitrogens with zero attached hydrogens (tertiary/aromatic N) is 2. The number of hydrogen-bond acceptors (Lipinski definition) is 9. The van der Waals surface area contributed by atoms with Gasteiger partial charge in [0.25, 0.3) is 0 Å². The van der Waals surface area contributed by atoms with Crippen LogP contribution in [0.1, 0.15) is 37.8 Å². The van der Waals surface area contributed by atoms with Crippen LogP contribution in [-0.2, 0) is 20.7 Å². The average Bonchev–Trinajstić information content (AvgIpc) is 2.83. The van der Waals surface area contributed by atoms with Gasteiger partial charge in [-0.15, -0.1) is 23.5 Å². The van der Waals surface area contributed by atoms with E-state index >= 15 is 0 Å². The first-order chi connectivity index (χ1) is 16.3. The number of anilines is 2. The van der Waals surface area contributed by atoms with Crippen molar-refractivity contribution in [1.82, 2.24) is 14.7 Å². The van der Waals surface area contributed by atoms with Crippen LogP contribution in [0.15, 0.2) is 24.3 Å². The Hall–Kier alpha value is -2.38. The predicted octanol–water partition coefficient (Wildman–Crippen LogP) is 3.97. The van der Waals surface area contributed by atoms with E-state index in [-0.39, 0.29) is 21.8 Å². The third-order valence-electron chi connectivity index (χ3n) is 5.15. The van der Waals surface area contributed by atoms with Crippen LogP contribution in [0.3, 0.4) is 0 Å². The highest BCUT2D eigenvalue weighted by atomic mass is 32.2. The second kappa shape index (κ2) is 11.4. The molecular weight excluding hydrogens is 498 g/mol. The molecule has 13 heteroatoms. The zero-order valence-corrected chi connectivity index (χ0v) is 22.0. The number of nitrogens with one attached hydrogen (secondary N) is 3. The standard InChI is InChI=1S/C21H29N5O5S3/c1-5-14-9-7-10-15(21(6-2)32-11-8-12-33-21)18(14)25-34(28,29)26-20(27)24-19-22-16(30-3)13-17(23-19)31-4/h7,9-10,13,25H,5-6,8,11-12H2,1-4H3,(H2,22,23,24,26,27). The van der Waals surface area contributed by atoms with Gasteiger partial charge in [-0.25, -0.2) is 9.52 Å². The highest BCUT2D eigenvalue weighted by molar-refractivity contribution is 8.18. The number of benzene rings is 1. The minimum Gasteiger partial charge on any atom is -0.481 e. The number of hydrogen-bond donors (Lipinski definition) is 3. The van der Waals surface area contributed by atoms with Gasteiger partial charge in [-0.3, -0.25) is 10.0 Å². The van der Waals surface area contributed by atoms with Crippen molar-refractivity contribution in [1.29, 1.82) is 0 Å². The minimum absolute atomic E-state index is 0.150. The summed E-state index contributed by atoms with van der Waals surface area (Å²) in [6.07, 6.45) is 2.59. The molecule has 10 nitrogen and oxygen atoms in total. The van der Waals surface area contributed by atoms with Gasteiger partial charge < -0.3 is 9.47 Å². The Morgan fingerprint density at radius 1 is 1.12 bits per heavy atom. The van der Waals surface area contributed by atoms with Crippen molar-refractivity contribution in [3.63, 3.8) is 0 Å². The van der Waals surface area contributed by atoms with Gasteiger partial charge in [0.05, 0.1) is 30.1 Å². The Balaban J connectivity index is 1.84. The third kappa shape index (κ3) is 6.19. The fraction of sp³-hybridized carbons (Fsp3) is 0.476. The van der Waals surface area contributed by atoms with Crippen molar-refractivity contribution in [2.75, 3.05) is 35.8 Å². The van der Waals surface area contributed by atoms with Crippen LogP contribution in [0, 0.1) is 0 Å². The number of carbonyl (C=O) groups is 1. The van der Waals surface area contributed by atoms with E-state index in [9.17, 15) is 13.2 Å². The van der Waals surface area contributed by atoms with Crippen molar-refractivity contribution in [3.05, 3.63) is 35.4 Å². The molecule has 2 aromatic rings. The smallest absolute Gasteiger partial charge is 0.336 e. The van der Waals surface area contributed by atoms with Crippen LogP contribution in [0.4, 0.5) is 16.4 Å². The van der Waals surface area contributed by atoms with E-state index in [1.165, 1.54) is 20.3 Å². The molecule has 1 aliphatic heterocycles. The lowest BCUT2D eigenvalue weighted by molar-refractivity contribution is 0.256. The number of aryl methyl sites for hydroxylation is 1. The summed E-state index contributed by atoms with van der Waals surface area (Å²) in [4.78, 5) is 20.4. The van der Waals surface area contributed by atoms with Crippen LogP contribution in [-0.4, -0.2) is 50.1 Å². The molecule has 0 spiro atoms. The zero-order valence-electron chi connectivity index (χ0n) is 19.5. The number of thioether (sulfide) groups is 2. The van der Waals surface area contributed by atoms with Gasteiger partial charge >= 0.3 is 16.2 Å². The summed E-state index contributed by atoms with van der Waals surface area (Å²) in [6, 6.07) is 6.20. The maximum Gasteiger partial charge on any atom is 0.336 e. The summed E-state index contributed by atoms with van der Waals surface area (Å²) in [7, 11) is -1.47. The zero-order chi connectivity index (χ0) is 24.8. The molecule has 1 fully saturated rings. The molecule has 0 saturated carbocycles. The summed E-state index contributed by atoms with van der Waals surface area (Å²) < 4.78 is 40.3. The Bertz CT molecular complexity index is 1100. The van der Waals surface area contributed by atoms with E-state index in [0.29, 0.717) is 12.1 Å². The Kier molecular flexibility index (Phi) is 8.77. The first-order valence-corrected chi connectivity index (χ1v) is 14.2. The Morgan fingerprint density at radius 2 is 1.76 bits per heavy atom. The highest BCUT2D eigenvalue weighted by Gasteiger charge is 2.37. The number of urea groups is 1. The molecule has 0 atom stereocenters. The van der Waals surface area contributed by atoms with Crippen LogP contribution in [0.25, 0.3) is 0 Å². The van der Waals surface area contributed by atoms with E-state index in [4.69, 9.17) is 9.47 Å². The average molecular weight is 528 g/mol. The molecule has 0 unspecified atom stereocenters. The predicted molar refractivity (Wildman–Crippen MR) is 137 cm³/mol. The minimum atomic E-state index is -4.26. The quantitative estimate of drug-likeness (QED) is 0.443. The second-order valence-corrected chi connectivity index (χ2v) is 11.7. The van der Waals surface area contributed by atoms with Crippen LogP contribution in [0.2, 0.25) is 0 Å². The molecule has 186 valence electrons. The van der Waals surface area contributed by atoms with Gasteiger partial charge in [0.1, 0.15) is 0 Å². The summed E-state index contributed by atoms with van der Waals surface area (Å²) in [5.41, 5.74) is 2.27. The largest absolute Gasteiger partial charge is 0.481 e. The molecule has 0 aliphatic carbocycles. The molecule has 2 heterocycles. The van der Waals surface area contributed by atoms with Crippen LogP contribution >= 0.6 is 23.5 Å². The van der Waals surface area contributed by atoms with Crippen LogP contribution in [0.5, 0.6) is 11.8 Å². The van der Waals surface area contributed by atoms with E-state index < -0.39 is 16.2 Å². The molecule has 0 radical (unpaired) electrons. The van der Waals surface area contributed by atoms with Crippen LogP contribution < -0.4 is 24.2 Å². The van der Waals surface area contributed by atoms with Gasteiger partial charge in [0, 0.05) is 5.56 Å². The van der Waals surface area contributed by atoms with E-state index in [1.54, 1.807) is 0 Å². The molecule has 34 heavy (non-hydrogen) atoms. The first kappa shape index (κ1) is 26.2. The van der Waals surface area contributed by atoms with E-state index in [2.05, 4.69) is 26.9 Å². The second-order valence-electron chi connectivity index (χ2n) is 7.29. The highest BCUT2D eigenvalue weighted by Crippen LogP contribution is 2.55. The van der Waals surface area contributed by atoms with Gasteiger partial charge in [0.2, 0.25) is 17.7 Å². The van der Waals surface area contributed by atoms with E-state index in [0.717, 1.165) is 35.5 Å². The number of aromatic nitrogens is 2. The number of methoxy groups -OCH3 is 2. The summed E-state index contributed by atoms with van der Waals surface area (Å²) >= 11 is 3.67. The Labute approximate surface area is 208 Å². The topological polar surface area (TPSA) is 132 Å². The first-order valence-electron chi connectivity index (χ1n) is 10.7. The van der Waals surface area contributed by atoms with Crippen molar-refractivity contribution >= 4 is 51.4 Å². The number of carbonyl (C=O) groups excluding carboxylic acids is 1. The number of ether oxygens (including phenoxy) is 2. The van der Waals surface area contributed by atoms with Crippen molar-refractivity contribution in [2.45, 2.75) is 37.2 Å². The third-order valence-corrected chi connectivity index (χ3v) is 9.72. The molecule has 2 amide bonds. The monoisotopic (exact) mass is 527 g/mol. The number of para-hydroxylation sites is 1. The molecule has 0 bridgehead atoms. The molecule has 3 N–H and O–H groups in total. The SMILES string of the molecule is CCc1cccc(C2(CC)SCCCS2)c1NS(=O)(=O)NC(=O)Nc1nc(OC)cc(OC)n1. The molecule has 1 saturated heterocycles. The molecule has 1 aliphatic rings. The fourth-order valence-electron chi connectivity index (χ4n) is 3.54. The lowest BCUT2D eigenvalue weighted by Crippen LogP contribution is -2.39. The lowest BCUT2D eigenvalue weighted by Gasteiger charge is -2.37. The summed E-state index contributed by atoms with van der Waals surface area (Å²) in [5, 5.41) is 2.30. The summed E-state index contributed by atoms with van der Waals surface area (Å²) in [6.45, 7) is 4.07. The molecular formula is C21H29N5O5S3. The van der Waals surface area contributed by atoms with Crippen molar-refractivity contribution in [3.8, 4) is 11.8 Å². The van der Waals surface area contributed by atoms with Gasteiger partial charge in [0.15, 0.2) is 0 Å². The van der Waals surface area contributed by atoms with Crippen molar-refractivity contribution < 1.29 is 22.7 Å². The van der Waals surface area contributed by atoms with Gasteiger partial charge in [-0.05, 0) is 36.3 Å². The summed E-state index contributed by atoms with van der Waals surface area (Å²) in [5.74, 6) is 2.15. The molecule has 3 rings (SSSR count). The maximum absolute atomic E-state index is 13.0. The Morgan fingerprint density at radius 3 is 2.32 bits per heavy atom. The number of amides is 2. The van der Waals surface area contributed by atoms with Crippen molar-refractivity contribution in [2.24, 2.45) is 0 Å². The molecule has 1 aromatic carbocycles. The number of rotatable bonds is 9. The molecule has 1 aromatic heterocycles. The van der Waals surface area contributed by atoms with E-state index in [1.807, 2.05) is 53.4 Å². The van der Waals surface area contributed by atoms with Gasteiger partial charge in [-0.2, -0.15) is 18.4 Å². The normalized spacial score (nSPS) is 15.3.